The highest BCUT2D eigenvalue weighted by Crippen LogP contribution is 2.41. The summed E-state index contributed by atoms with van der Waals surface area (Å²) in [7, 11) is -3.12. The second kappa shape index (κ2) is 6.37. The Morgan fingerprint density at radius 2 is 2.04 bits per heavy atom. The number of halogens is 1. The quantitative estimate of drug-likeness (QED) is 0.771. The van der Waals surface area contributed by atoms with Crippen LogP contribution in [-0.4, -0.2) is 55.0 Å². The van der Waals surface area contributed by atoms with Crippen molar-refractivity contribution in [2.24, 2.45) is 4.99 Å². The molecule has 0 aromatic heterocycles. The molecule has 134 valence electrons. The minimum Gasteiger partial charge on any atom is -0.368 e. The third kappa shape index (κ3) is 3.32. The molecule has 3 aliphatic heterocycles. The van der Waals surface area contributed by atoms with Crippen LogP contribution in [0.5, 0.6) is 0 Å². The first-order chi connectivity index (χ1) is 11.9. The number of ether oxygens (including phenoxy) is 1. The Labute approximate surface area is 149 Å². The van der Waals surface area contributed by atoms with Gasteiger partial charge in [-0.25, -0.2) is 12.8 Å². The number of anilines is 1. The number of nitrogens with zero attached hydrogens (tertiary/aromatic N) is 2. The predicted octanol–water partition coefficient (Wildman–Crippen LogP) is 1.61. The van der Waals surface area contributed by atoms with E-state index >= 15 is 0 Å². The van der Waals surface area contributed by atoms with E-state index in [-0.39, 0.29) is 34.5 Å². The minimum absolute atomic E-state index is 0.00911. The first-order valence-corrected chi connectivity index (χ1v) is 10.8. The van der Waals surface area contributed by atoms with Crippen molar-refractivity contribution in [2.75, 3.05) is 23.0 Å². The number of rotatable bonds is 2. The average molecular weight is 384 g/mol. The lowest BCUT2D eigenvalue weighted by atomic mass is 10.2. The van der Waals surface area contributed by atoms with E-state index in [0.29, 0.717) is 23.9 Å². The van der Waals surface area contributed by atoms with Crippen LogP contribution >= 0.6 is 11.8 Å². The predicted molar refractivity (Wildman–Crippen MR) is 94.1 cm³/mol. The number of sulfone groups is 1. The number of hydrogen-bond acceptors (Lipinski definition) is 5. The lowest BCUT2D eigenvalue weighted by molar-refractivity contribution is -0.126. The lowest BCUT2D eigenvalue weighted by Crippen LogP contribution is -2.38. The molecule has 0 bridgehead atoms. The fourth-order valence-corrected chi connectivity index (χ4v) is 7.33. The van der Waals surface area contributed by atoms with Crippen LogP contribution < -0.4 is 4.90 Å². The van der Waals surface area contributed by atoms with Crippen molar-refractivity contribution in [2.45, 2.75) is 30.2 Å². The normalized spacial score (nSPS) is 32.3. The number of fused-ring (bicyclic) bond motifs is 1. The standard InChI is InChI=1S/C16H17FN2O4S2/c17-10-3-5-11(6-4-10)19-12-8-25(21,22)9-14(12)24-16(19)18-15(20)13-2-1-7-23-13/h3-6,12-14H,1-2,7-9H2/t12-,13-,14-/m0/s1. The molecule has 3 heterocycles. The van der Waals surface area contributed by atoms with Crippen LogP contribution in [0.4, 0.5) is 10.1 Å². The Bertz CT molecular complexity index is 819. The summed E-state index contributed by atoms with van der Waals surface area (Å²) in [5.41, 5.74) is 0.636. The highest BCUT2D eigenvalue weighted by molar-refractivity contribution is 8.16. The molecule has 4 rings (SSSR count). The van der Waals surface area contributed by atoms with Crippen LogP contribution in [0.15, 0.2) is 29.3 Å². The number of aliphatic imine (C=N–C) groups is 1. The zero-order valence-corrected chi connectivity index (χ0v) is 14.9. The smallest absolute Gasteiger partial charge is 0.277 e. The van der Waals surface area contributed by atoms with Gasteiger partial charge in [0.2, 0.25) is 0 Å². The summed E-state index contributed by atoms with van der Waals surface area (Å²) >= 11 is 1.30. The third-order valence-electron chi connectivity index (χ3n) is 4.58. The second-order valence-electron chi connectivity index (χ2n) is 6.38. The highest BCUT2D eigenvalue weighted by atomic mass is 32.2. The Kier molecular flexibility index (Phi) is 4.33. The summed E-state index contributed by atoms with van der Waals surface area (Å²) in [6.45, 7) is 0.555. The van der Waals surface area contributed by atoms with Crippen LogP contribution in [0.25, 0.3) is 0 Å². The molecular formula is C16H17FN2O4S2. The van der Waals surface area contributed by atoms with Gasteiger partial charge in [-0.05, 0) is 37.1 Å². The zero-order chi connectivity index (χ0) is 17.6. The maximum Gasteiger partial charge on any atom is 0.277 e. The number of hydrogen-bond donors (Lipinski definition) is 0. The van der Waals surface area contributed by atoms with E-state index in [1.165, 1.54) is 23.9 Å². The van der Waals surface area contributed by atoms with Crippen molar-refractivity contribution in [3.63, 3.8) is 0 Å². The molecule has 1 aromatic rings. The Morgan fingerprint density at radius 1 is 1.28 bits per heavy atom. The van der Waals surface area contributed by atoms with E-state index in [9.17, 15) is 17.6 Å². The number of carbonyl (C=O) groups is 1. The first kappa shape index (κ1) is 17.0. The summed E-state index contributed by atoms with van der Waals surface area (Å²) < 4.78 is 42.6. The number of carbonyl (C=O) groups excluding carboxylic acids is 1. The zero-order valence-electron chi connectivity index (χ0n) is 13.3. The molecule has 0 spiro atoms. The second-order valence-corrected chi connectivity index (χ2v) is 9.74. The van der Waals surface area contributed by atoms with Gasteiger partial charge in [0, 0.05) is 17.5 Å². The Hall–Kier alpha value is -1.45. The first-order valence-electron chi connectivity index (χ1n) is 8.09. The van der Waals surface area contributed by atoms with Crippen molar-refractivity contribution in [1.29, 1.82) is 0 Å². The van der Waals surface area contributed by atoms with Gasteiger partial charge in [0.25, 0.3) is 5.91 Å². The van der Waals surface area contributed by atoms with E-state index in [0.717, 1.165) is 6.42 Å². The SMILES string of the molecule is O=C(N=C1S[C@H]2CS(=O)(=O)C[C@@H]2N1c1ccc(F)cc1)[C@@H]1CCCO1. The van der Waals surface area contributed by atoms with Gasteiger partial charge >= 0.3 is 0 Å². The molecule has 0 aliphatic carbocycles. The van der Waals surface area contributed by atoms with Gasteiger partial charge in [0.15, 0.2) is 15.0 Å². The average Bonchev–Trinajstić information content (AvgIpc) is 3.23. The van der Waals surface area contributed by atoms with Crippen molar-refractivity contribution in [1.82, 2.24) is 0 Å². The molecule has 3 saturated heterocycles. The van der Waals surface area contributed by atoms with Crippen LogP contribution in [0.3, 0.4) is 0 Å². The molecule has 0 radical (unpaired) electrons. The van der Waals surface area contributed by atoms with Gasteiger partial charge in [-0.15, -0.1) is 0 Å². The molecule has 1 aromatic carbocycles. The van der Waals surface area contributed by atoms with E-state index in [4.69, 9.17) is 4.74 Å². The van der Waals surface area contributed by atoms with Crippen LogP contribution in [0.2, 0.25) is 0 Å². The van der Waals surface area contributed by atoms with Gasteiger partial charge in [-0.3, -0.25) is 4.79 Å². The molecular weight excluding hydrogens is 367 g/mol. The summed E-state index contributed by atoms with van der Waals surface area (Å²) in [4.78, 5) is 18.3. The number of amides is 1. The monoisotopic (exact) mass is 384 g/mol. The topological polar surface area (TPSA) is 76.0 Å². The Balaban J connectivity index is 1.68. The van der Waals surface area contributed by atoms with Gasteiger partial charge in [0.05, 0.1) is 17.5 Å². The lowest BCUT2D eigenvalue weighted by Gasteiger charge is -2.24. The summed E-state index contributed by atoms with van der Waals surface area (Å²) in [6, 6.07) is 5.49. The van der Waals surface area contributed by atoms with E-state index in [2.05, 4.69) is 4.99 Å². The molecule has 1 amide bonds. The Morgan fingerprint density at radius 3 is 2.72 bits per heavy atom. The fraction of sp³-hybridized carbons (Fsp3) is 0.500. The van der Waals surface area contributed by atoms with E-state index < -0.39 is 15.9 Å². The van der Waals surface area contributed by atoms with E-state index in [1.807, 2.05) is 0 Å². The molecule has 0 saturated carbocycles. The molecule has 6 nitrogen and oxygen atoms in total. The fourth-order valence-electron chi connectivity index (χ4n) is 3.41. The summed E-state index contributed by atoms with van der Waals surface area (Å²) in [5.74, 6) is -0.641. The number of thioether (sulfide) groups is 1. The molecule has 3 atom stereocenters. The summed E-state index contributed by atoms with van der Waals surface area (Å²) in [5, 5.41) is 0.295. The molecule has 9 heteroatoms. The molecule has 25 heavy (non-hydrogen) atoms. The van der Waals surface area contributed by atoms with E-state index in [1.54, 1.807) is 17.0 Å². The van der Waals surface area contributed by atoms with Gasteiger partial charge in [-0.1, -0.05) is 11.8 Å². The summed E-state index contributed by atoms with van der Waals surface area (Å²) in [6.07, 6.45) is 0.963. The maximum atomic E-state index is 13.3. The minimum atomic E-state index is -3.12. The van der Waals surface area contributed by atoms with Crippen LogP contribution in [0, 0.1) is 5.82 Å². The molecule has 3 fully saturated rings. The highest BCUT2D eigenvalue weighted by Gasteiger charge is 2.49. The van der Waals surface area contributed by atoms with Crippen molar-refractivity contribution in [3.05, 3.63) is 30.1 Å². The number of benzene rings is 1. The molecule has 0 N–H and O–H groups in total. The van der Waals surface area contributed by atoms with Gasteiger partial charge in [0.1, 0.15) is 11.9 Å². The van der Waals surface area contributed by atoms with Gasteiger partial charge in [-0.2, -0.15) is 4.99 Å². The number of amidine groups is 1. The van der Waals surface area contributed by atoms with Crippen molar-refractivity contribution in [3.8, 4) is 0 Å². The molecule has 0 unspecified atom stereocenters. The largest absolute Gasteiger partial charge is 0.368 e. The van der Waals surface area contributed by atoms with Crippen molar-refractivity contribution >= 4 is 38.4 Å². The van der Waals surface area contributed by atoms with Gasteiger partial charge < -0.3 is 9.64 Å². The third-order valence-corrected chi connectivity index (χ3v) is 7.79. The van der Waals surface area contributed by atoms with Crippen LogP contribution in [-0.2, 0) is 19.4 Å². The maximum absolute atomic E-state index is 13.3. The van der Waals surface area contributed by atoms with Crippen molar-refractivity contribution < 1.29 is 22.3 Å². The molecule has 3 aliphatic rings. The van der Waals surface area contributed by atoms with Crippen LogP contribution in [0.1, 0.15) is 12.8 Å².